The second-order valence-corrected chi connectivity index (χ2v) is 10.6. The monoisotopic (exact) mass is 604 g/mol. The first kappa shape index (κ1) is 29.4. The van der Waals surface area contributed by atoms with Crippen LogP contribution in [0.5, 0.6) is 5.75 Å². The highest BCUT2D eigenvalue weighted by atomic mass is 32.2. The molecule has 0 unspecified atom stereocenters. The van der Waals surface area contributed by atoms with Gasteiger partial charge in [0.1, 0.15) is 28.7 Å². The van der Waals surface area contributed by atoms with Crippen molar-refractivity contribution in [2.45, 2.75) is 26.1 Å². The Hall–Kier alpha value is -5.09. The predicted octanol–water partition coefficient (Wildman–Crippen LogP) is 6.41. The first-order valence-corrected chi connectivity index (χ1v) is 13.9. The molecule has 1 fully saturated rings. The van der Waals surface area contributed by atoms with Gasteiger partial charge in [0.05, 0.1) is 17.1 Å². The molecule has 1 aromatic heterocycles. The summed E-state index contributed by atoms with van der Waals surface area (Å²) >= 11 is 1.15. The Bertz CT molecular complexity index is 1740. The largest absolute Gasteiger partial charge is 0.573 e. The first-order chi connectivity index (χ1) is 20.5. The van der Waals surface area contributed by atoms with Crippen LogP contribution in [0, 0.1) is 11.3 Å². The van der Waals surface area contributed by atoms with E-state index >= 15 is 0 Å². The van der Waals surface area contributed by atoms with Crippen molar-refractivity contribution in [1.82, 2.24) is 14.8 Å². The number of alkyl halides is 3. The molecule has 0 saturated carbocycles. The summed E-state index contributed by atoms with van der Waals surface area (Å²) < 4.78 is 42.5. The molecule has 218 valence electrons. The zero-order valence-electron chi connectivity index (χ0n) is 22.8. The summed E-state index contributed by atoms with van der Waals surface area (Å²) in [5.41, 5.74) is 2.89. The van der Waals surface area contributed by atoms with Crippen molar-refractivity contribution in [3.63, 3.8) is 0 Å². The summed E-state index contributed by atoms with van der Waals surface area (Å²) in [5.74, 6) is -0.646. The lowest BCUT2D eigenvalue weighted by Crippen LogP contribution is -2.28. The lowest BCUT2D eigenvalue weighted by molar-refractivity contribution is -0.274. The molecule has 1 aliphatic heterocycles. The highest BCUT2D eigenvalue weighted by Crippen LogP contribution is 2.39. The number of nitrogens with one attached hydrogen (secondary N) is 1. The molecule has 0 aliphatic carbocycles. The van der Waals surface area contributed by atoms with E-state index in [0.29, 0.717) is 28.5 Å². The van der Waals surface area contributed by atoms with Crippen LogP contribution in [0.3, 0.4) is 0 Å². The fraction of sp³-hybridized carbons (Fsp3) is 0.167. The van der Waals surface area contributed by atoms with Gasteiger partial charge in [0.2, 0.25) is 5.91 Å². The number of ether oxygens (including phenoxy) is 1. The zero-order chi connectivity index (χ0) is 30.7. The summed E-state index contributed by atoms with van der Waals surface area (Å²) in [4.78, 5) is 31.8. The van der Waals surface area contributed by atoms with Crippen LogP contribution in [-0.4, -0.2) is 38.7 Å². The molecular weight excluding hydrogens is 581 g/mol. The van der Waals surface area contributed by atoms with Gasteiger partial charge < -0.3 is 10.1 Å². The second-order valence-electron chi connectivity index (χ2n) is 9.61. The summed E-state index contributed by atoms with van der Waals surface area (Å²) in [7, 11) is 0. The van der Waals surface area contributed by atoms with E-state index in [0.717, 1.165) is 17.3 Å². The van der Waals surface area contributed by atoms with E-state index in [-0.39, 0.29) is 33.9 Å². The lowest BCUT2D eigenvalue weighted by Gasteiger charge is -2.23. The fourth-order valence-electron chi connectivity index (χ4n) is 4.39. The van der Waals surface area contributed by atoms with Gasteiger partial charge in [0.15, 0.2) is 5.82 Å². The van der Waals surface area contributed by atoms with Crippen LogP contribution in [0.4, 0.5) is 24.5 Å². The lowest BCUT2D eigenvalue weighted by atomic mass is 10.0. The van der Waals surface area contributed by atoms with Gasteiger partial charge in [0.25, 0.3) is 5.91 Å². The third-order valence-electron chi connectivity index (χ3n) is 6.36. The van der Waals surface area contributed by atoms with Crippen molar-refractivity contribution < 1.29 is 27.5 Å². The number of amides is 2. The molecule has 0 spiro atoms. The fourth-order valence-corrected chi connectivity index (χ4v) is 5.39. The molecule has 43 heavy (non-hydrogen) atoms. The van der Waals surface area contributed by atoms with Gasteiger partial charge >= 0.3 is 6.36 Å². The minimum absolute atomic E-state index is 0.111. The number of rotatable bonds is 7. The molecule has 0 radical (unpaired) electrons. The van der Waals surface area contributed by atoms with E-state index in [1.54, 1.807) is 30.3 Å². The van der Waals surface area contributed by atoms with Crippen LogP contribution in [0.25, 0.3) is 17.1 Å². The number of nitrogens with zero attached hydrogens (tertiary/aromatic N) is 5. The second kappa shape index (κ2) is 12.0. The number of nitriles is 1. The summed E-state index contributed by atoms with van der Waals surface area (Å²) in [6, 6.07) is 21.2. The Morgan fingerprint density at radius 1 is 1.07 bits per heavy atom. The predicted molar refractivity (Wildman–Crippen MR) is 155 cm³/mol. The van der Waals surface area contributed by atoms with Gasteiger partial charge in [-0.3, -0.25) is 14.5 Å². The maximum absolute atomic E-state index is 13.2. The molecule has 2 amide bonds. The van der Waals surface area contributed by atoms with E-state index in [1.165, 1.54) is 40.2 Å². The van der Waals surface area contributed by atoms with Crippen LogP contribution in [-0.2, 0) is 9.59 Å². The van der Waals surface area contributed by atoms with Crippen molar-refractivity contribution in [1.29, 1.82) is 5.26 Å². The Kier molecular flexibility index (Phi) is 8.22. The topological polar surface area (TPSA) is 113 Å². The number of carbonyl (C=O) groups is 2. The summed E-state index contributed by atoms with van der Waals surface area (Å²) in [6.45, 7) is 4.01. The van der Waals surface area contributed by atoms with Crippen molar-refractivity contribution >= 4 is 35.0 Å². The standard InChI is InChI=1S/C30H23F3N6O3S/c1-18(2)23-5-3-4-6-25(23)39-26(40)16-43-29(39)24(15-34)28(41)36-20-9-7-19(8-10-20)27-35-17-38(37-27)21-11-13-22(14-12-21)42-30(31,32)33/h3-14,17-18H,16H2,1-2H3,(H,36,41)/b29-24+. The van der Waals surface area contributed by atoms with E-state index in [4.69, 9.17) is 0 Å². The summed E-state index contributed by atoms with van der Waals surface area (Å²) in [5, 5.41) is 17.3. The number of halogens is 3. The minimum Gasteiger partial charge on any atom is -0.406 e. The SMILES string of the molecule is CC(C)c1ccccc1N1C(=O)CS/C1=C(\C#N)C(=O)Nc1ccc(-c2ncn(-c3ccc(OC(F)(F)F)cc3)n2)cc1. The van der Waals surface area contributed by atoms with E-state index in [9.17, 15) is 28.0 Å². The average Bonchev–Trinajstić information content (AvgIpc) is 3.61. The first-order valence-electron chi connectivity index (χ1n) is 12.9. The third kappa shape index (κ3) is 6.54. The van der Waals surface area contributed by atoms with Crippen LogP contribution in [0.2, 0.25) is 0 Å². The maximum Gasteiger partial charge on any atom is 0.573 e. The molecule has 1 saturated heterocycles. The van der Waals surface area contributed by atoms with Gasteiger partial charge in [-0.1, -0.05) is 43.8 Å². The van der Waals surface area contributed by atoms with Gasteiger partial charge in [-0.15, -0.1) is 18.3 Å². The molecule has 9 nitrogen and oxygen atoms in total. The van der Waals surface area contributed by atoms with Crippen LogP contribution >= 0.6 is 11.8 Å². The van der Waals surface area contributed by atoms with Crippen molar-refractivity contribution in [3.05, 3.63) is 95.3 Å². The van der Waals surface area contributed by atoms with Gasteiger partial charge in [-0.05, 0) is 66.1 Å². The number of para-hydroxylation sites is 1. The Labute approximate surface area is 248 Å². The average molecular weight is 605 g/mol. The number of anilines is 2. The third-order valence-corrected chi connectivity index (χ3v) is 7.42. The highest BCUT2D eigenvalue weighted by molar-refractivity contribution is 8.04. The van der Waals surface area contributed by atoms with E-state index in [1.807, 2.05) is 38.1 Å². The molecule has 13 heteroatoms. The minimum atomic E-state index is -4.78. The van der Waals surface area contributed by atoms with E-state index in [2.05, 4.69) is 20.1 Å². The molecular formula is C30H23F3N6O3S. The van der Waals surface area contributed by atoms with Gasteiger partial charge in [0, 0.05) is 11.3 Å². The number of aromatic nitrogens is 3. The number of benzene rings is 3. The molecule has 3 aromatic carbocycles. The Morgan fingerprint density at radius 3 is 2.42 bits per heavy atom. The smallest absolute Gasteiger partial charge is 0.406 e. The zero-order valence-corrected chi connectivity index (χ0v) is 23.6. The van der Waals surface area contributed by atoms with Gasteiger partial charge in [-0.25, -0.2) is 9.67 Å². The number of thioether (sulfide) groups is 1. The number of hydrogen-bond donors (Lipinski definition) is 1. The van der Waals surface area contributed by atoms with Crippen molar-refractivity contribution in [2.75, 3.05) is 16.0 Å². The van der Waals surface area contributed by atoms with Crippen molar-refractivity contribution in [3.8, 4) is 28.9 Å². The van der Waals surface area contributed by atoms with Gasteiger partial charge in [-0.2, -0.15) is 5.26 Å². The van der Waals surface area contributed by atoms with Crippen LogP contribution < -0.4 is 15.0 Å². The Balaban J connectivity index is 1.32. The quantitative estimate of drug-likeness (QED) is 0.192. The molecule has 5 rings (SSSR count). The molecule has 1 aliphatic rings. The molecule has 0 atom stereocenters. The van der Waals surface area contributed by atoms with Crippen molar-refractivity contribution in [2.24, 2.45) is 0 Å². The number of hydrogen-bond acceptors (Lipinski definition) is 7. The maximum atomic E-state index is 13.2. The summed E-state index contributed by atoms with van der Waals surface area (Å²) in [6.07, 6.45) is -3.37. The van der Waals surface area contributed by atoms with E-state index < -0.39 is 12.3 Å². The molecule has 1 N–H and O–H groups in total. The molecule has 4 aromatic rings. The normalized spacial score (nSPS) is 14.5. The molecule has 2 heterocycles. The highest BCUT2D eigenvalue weighted by Gasteiger charge is 2.34. The van der Waals surface area contributed by atoms with Crippen LogP contribution in [0.15, 0.2) is 89.7 Å². The molecule has 0 bridgehead atoms. The Morgan fingerprint density at radius 2 is 1.77 bits per heavy atom. The number of carbonyl (C=O) groups excluding carboxylic acids is 2. The van der Waals surface area contributed by atoms with Crippen LogP contribution in [0.1, 0.15) is 25.3 Å².